The molecule has 2 rings (SSSR count). The Balaban J connectivity index is 2.29. The Morgan fingerprint density at radius 2 is 2.07 bits per heavy atom. The van der Waals surface area contributed by atoms with E-state index < -0.39 is 0 Å². The minimum atomic E-state index is -0.303. The molecule has 0 atom stereocenters. The first-order chi connectivity index (χ1) is 6.59. The second kappa shape index (κ2) is 2.83. The van der Waals surface area contributed by atoms with Crippen molar-refractivity contribution in [1.82, 2.24) is 14.7 Å². The van der Waals surface area contributed by atoms with Gasteiger partial charge in [0.25, 0.3) is 0 Å². The van der Waals surface area contributed by atoms with Crippen molar-refractivity contribution in [2.45, 2.75) is 0 Å². The number of aromatic nitrogens is 2. The monoisotopic (exact) mass is 194 g/mol. The first kappa shape index (κ1) is 8.74. The summed E-state index contributed by atoms with van der Waals surface area (Å²) in [6.07, 6.45) is 3.26. The lowest BCUT2D eigenvalue weighted by molar-refractivity contribution is -0.123. The van der Waals surface area contributed by atoms with E-state index in [1.54, 1.807) is 24.1 Å². The zero-order valence-electron chi connectivity index (χ0n) is 7.97. The third kappa shape index (κ3) is 1.15. The predicted molar refractivity (Wildman–Crippen MR) is 48.7 cm³/mol. The Bertz CT molecular complexity index is 398. The summed E-state index contributed by atoms with van der Waals surface area (Å²) in [6, 6.07) is -0.303. The van der Waals surface area contributed by atoms with E-state index in [4.69, 9.17) is 0 Å². The summed E-state index contributed by atoms with van der Waals surface area (Å²) in [7, 11) is 3.23. The molecule has 1 aliphatic rings. The van der Waals surface area contributed by atoms with Crippen molar-refractivity contribution < 1.29 is 9.59 Å². The summed E-state index contributed by atoms with van der Waals surface area (Å²) < 4.78 is 1.59. The van der Waals surface area contributed by atoms with Gasteiger partial charge in [0.2, 0.25) is 5.91 Å². The minimum absolute atomic E-state index is 0.0982. The van der Waals surface area contributed by atoms with Gasteiger partial charge in [0, 0.05) is 20.3 Å². The van der Waals surface area contributed by atoms with Crippen molar-refractivity contribution in [1.29, 1.82) is 0 Å². The molecular formula is C8H10N4O2. The molecule has 0 saturated carbocycles. The maximum atomic E-state index is 11.5. The molecule has 2 heterocycles. The fourth-order valence-electron chi connectivity index (χ4n) is 1.35. The first-order valence-electron chi connectivity index (χ1n) is 4.16. The second-order valence-corrected chi connectivity index (χ2v) is 3.19. The predicted octanol–water partition coefficient (Wildman–Crippen LogP) is -0.182. The minimum Gasteiger partial charge on any atom is -0.281 e. The zero-order valence-corrected chi connectivity index (χ0v) is 7.97. The molecule has 0 aromatic carbocycles. The molecule has 1 fully saturated rings. The van der Waals surface area contributed by atoms with E-state index >= 15 is 0 Å². The van der Waals surface area contributed by atoms with Crippen molar-refractivity contribution in [3.8, 4) is 0 Å². The van der Waals surface area contributed by atoms with Gasteiger partial charge >= 0.3 is 6.03 Å². The largest absolute Gasteiger partial charge is 0.331 e. The summed E-state index contributed by atoms with van der Waals surface area (Å²) in [4.78, 5) is 25.2. The Hall–Kier alpha value is -1.85. The molecule has 0 bridgehead atoms. The topological polar surface area (TPSA) is 58.4 Å². The van der Waals surface area contributed by atoms with Gasteiger partial charge in [0.05, 0.1) is 11.9 Å². The van der Waals surface area contributed by atoms with Gasteiger partial charge in [0.1, 0.15) is 6.54 Å². The third-order valence-electron chi connectivity index (χ3n) is 2.19. The van der Waals surface area contributed by atoms with Crippen LogP contribution in [0.3, 0.4) is 0 Å². The van der Waals surface area contributed by atoms with Gasteiger partial charge in [-0.2, -0.15) is 5.10 Å². The van der Waals surface area contributed by atoms with Gasteiger partial charge in [-0.3, -0.25) is 19.3 Å². The van der Waals surface area contributed by atoms with Crippen LogP contribution in [-0.2, 0) is 11.8 Å². The molecular weight excluding hydrogens is 184 g/mol. The SMILES string of the molecule is CN1C(=O)CN(c2cnn(C)c2)C1=O. The Labute approximate surface area is 80.7 Å². The summed E-state index contributed by atoms with van der Waals surface area (Å²) in [6.45, 7) is 0.0982. The van der Waals surface area contributed by atoms with E-state index in [0.29, 0.717) is 5.69 Å². The summed E-state index contributed by atoms with van der Waals surface area (Å²) in [5.74, 6) is -0.196. The van der Waals surface area contributed by atoms with E-state index in [9.17, 15) is 9.59 Å². The number of amides is 3. The zero-order chi connectivity index (χ0) is 10.3. The number of rotatable bonds is 1. The molecule has 74 valence electrons. The van der Waals surface area contributed by atoms with Crippen molar-refractivity contribution in [3.63, 3.8) is 0 Å². The molecule has 0 aliphatic carbocycles. The van der Waals surface area contributed by atoms with E-state index in [2.05, 4.69) is 5.10 Å². The van der Waals surface area contributed by atoms with Gasteiger partial charge in [-0.25, -0.2) is 4.79 Å². The van der Waals surface area contributed by atoms with Crippen LogP contribution >= 0.6 is 0 Å². The van der Waals surface area contributed by atoms with E-state index in [0.717, 1.165) is 4.90 Å². The highest BCUT2D eigenvalue weighted by molar-refractivity contribution is 6.11. The van der Waals surface area contributed by atoms with Gasteiger partial charge in [-0.05, 0) is 0 Å². The fourth-order valence-corrected chi connectivity index (χ4v) is 1.35. The van der Waals surface area contributed by atoms with E-state index in [1.807, 2.05) is 0 Å². The van der Waals surface area contributed by atoms with Crippen LogP contribution in [0.1, 0.15) is 0 Å². The van der Waals surface area contributed by atoms with Crippen LogP contribution in [0.15, 0.2) is 12.4 Å². The number of hydrogen-bond acceptors (Lipinski definition) is 3. The number of nitrogens with zero attached hydrogens (tertiary/aromatic N) is 4. The van der Waals surface area contributed by atoms with Crippen LogP contribution in [0.25, 0.3) is 0 Å². The quantitative estimate of drug-likeness (QED) is 0.582. The first-order valence-corrected chi connectivity index (χ1v) is 4.16. The standard InChI is InChI=1S/C8H10N4O2/c1-10-4-6(3-9-10)12-5-7(13)11(2)8(12)14/h3-4H,5H2,1-2H3. The highest BCUT2D eigenvalue weighted by Crippen LogP contribution is 2.18. The fraction of sp³-hybridized carbons (Fsp3) is 0.375. The van der Waals surface area contributed by atoms with Crippen molar-refractivity contribution in [2.75, 3.05) is 18.5 Å². The van der Waals surface area contributed by atoms with Gasteiger partial charge in [-0.1, -0.05) is 0 Å². The van der Waals surface area contributed by atoms with Crippen molar-refractivity contribution in [3.05, 3.63) is 12.4 Å². The lowest BCUT2D eigenvalue weighted by atomic mass is 10.5. The van der Waals surface area contributed by atoms with Gasteiger partial charge in [0.15, 0.2) is 0 Å². The smallest absolute Gasteiger partial charge is 0.281 e. The average Bonchev–Trinajstić information content (AvgIpc) is 2.66. The number of carbonyl (C=O) groups is 2. The second-order valence-electron chi connectivity index (χ2n) is 3.19. The molecule has 0 radical (unpaired) electrons. The van der Waals surface area contributed by atoms with Crippen LogP contribution in [0.2, 0.25) is 0 Å². The number of urea groups is 1. The van der Waals surface area contributed by atoms with Gasteiger partial charge in [-0.15, -0.1) is 0 Å². The maximum Gasteiger partial charge on any atom is 0.331 e. The molecule has 14 heavy (non-hydrogen) atoms. The molecule has 1 aromatic heterocycles. The summed E-state index contributed by atoms with van der Waals surface area (Å²) in [5.41, 5.74) is 0.648. The highest BCUT2D eigenvalue weighted by Gasteiger charge is 2.34. The van der Waals surface area contributed by atoms with Crippen LogP contribution in [0, 0.1) is 0 Å². The molecule has 6 heteroatoms. The van der Waals surface area contributed by atoms with Crippen LogP contribution in [0.5, 0.6) is 0 Å². The number of hydrogen-bond donors (Lipinski definition) is 0. The molecule has 3 amide bonds. The molecule has 0 N–H and O–H groups in total. The van der Waals surface area contributed by atoms with Crippen LogP contribution < -0.4 is 4.90 Å². The van der Waals surface area contributed by atoms with E-state index in [1.165, 1.54) is 11.9 Å². The van der Waals surface area contributed by atoms with Crippen molar-refractivity contribution >= 4 is 17.6 Å². The van der Waals surface area contributed by atoms with Crippen LogP contribution in [0.4, 0.5) is 10.5 Å². The Morgan fingerprint density at radius 1 is 1.36 bits per heavy atom. The molecule has 6 nitrogen and oxygen atoms in total. The van der Waals surface area contributed by atoms with E-state index in [-0.39, 0.29) is 18.5 Å². The number of aryl methyl sites for hydroxylation is 1. The summed E-state index contributed by atoms with van der Waals surface area (Å²) >= 11 is 0. The molecule has 0 spiro atoms. The Morgan fingerprint density at radius 3 is 2.50 bits per heavy atom. The molecule has 0 unspecified atom stereocenters. The van der Waals surface area contributed by atoms with Crippen LogP contribution in [-0.4, -0.2) is 40.2 Å². The number of carbonyl (C=O) groups excluding carboxylic acids is 2. The van der Waals surface area contributed by atoms with Gasteiger partial charge < -0.3 is 0 Å². The number of anilines is 1. The highest BCUT2D eigenvalue weighted by atomic mass is 16.2. The molecule has 1 saturated heterocycles. The average molecular weight is 194 g/mol. The number of imide groups is 1. The summed E-state index contributed by atoms with van der Waals surface area (Å²) in [5, 5.41) is 3.94. The maximum absolute atomic E-state index is 11.5. The van der Waals surface area contributed by atoms with Crippen molar-refractivity contribution in [2.24, 2.45) is 7.05 Å². The number of likely N-dealkylation sites (N-methyl/N-ethyl adjacent to an activating group) is 1. The Kier molecular flexibility index (Phi) is 1.77. The molecule has 1 aromatic rings. The third-order valence-corrected chi connectivity index (χ3v) is 2.19. The lowest BCUT2D eigenvalue weighted by Gasteiger charge is -2.11. The molecule has 1 aliphatic heterocycles. The normalized spacial score (nSPS) is 17.0. The lowest BCUT2D eigenvalue weighted by Crippen LogP contribution is -2.29.